The normalized spacial score (nSPS) is 17.0. The van der Waals surface area contributed by atoms with Gasteiger partial charge < -0.3 is 4.74 Å². The molecule has 0 spiro atoms. The van der Waals surface area contributed by atoms with Crippen LogP contribution in [0.25, 0.3) is 22.3 Å². The lowest BCUT2D eigenvalue weighted by atomic mass is 9.77. The van der Waals surface area contributed by atoms with E-state index in [-0.39, 0.29) is 22.6 Å². The molecule has 5 rings (SSSR count). The summed E-state index contributed by atoms with van der Waals surface area (Å²) in [4.78, 5) is 0. The molecule has 0 radical (unpaired) electrons. The Bertz CT molecular complexity index is 1610. The number of benzene rings is 4. The SMILES string of the molecule is C=CCCC1CCC(c2cc(F)c(C(F)(F)Oc3ccc(-c4ccc(-c5cc(F)c(F)c(F)c5)c(F)c4)cc3)c(F)c2)CC1. The smallest absolute Gasteiger partial charge is 0.429 e. The van der Waals surface area contributed by atoms with Crippen molar-refractivity contribution >= 4 is 0 Å². The highest BCUT2D eigenvalue weighted by Gasteiger charge is 2.41. The van der Waals surface area contributed by atoms with E-state index < -0.39 is 52.3 Å². The van der Waals surface area contributed by atoms with Gasteiger partial charge in [0, 0.05) is 5.56 Å². The summed E-state index contributed by atoms with van der Waals surface area (Å²) in [6.07, 6.45) is 2.66. The van der Waals surface area contributed by atoms with Gasteiger partial charge in [-0.3, -0.25) is 0 Å². The zero-order valence-corrected chi connectivity index (χ0v) is 23.5. The molecule has 0 unspecified atom stereocenters. The van der Waals surface area contributed by atoms with Gasteiger partial charge in [-0.05, 0) is 115 Å². The summed E-state index contributed by atoms with van der Waals surface area (Å²) in [6, 6.07) is 11.9. The van der Waals surface area contributed by atoms with Crippen molar-refractivity contribution < 1.29 is 39.9 Å². The molecule has 230 valence electrons. The molecule has 0 amide bonds. The highest BCUT2D eigenvalue weighted by molar-refractivity contribution is 5.71. The first kappa shape index (κ1) is 31.3. The molecule has 1 aliphatic rings. The Hall–Kier alpha value is -4.14. The van der Waals surface area contributed by atoms with E-state index in [2.05, 4.69) is 6.58 Å². The predicted octanol–water partition coefficient (Wildman–Crippen LogP) is 11.2. The van der Waals surface area contributed by atoms with Crippen molar-refractivity contribution in [2.75, 3.05) is 0 Å². The number of alkyl halides is 2. The van der Waals surface area contributed by atoms with Crippen LogP contribution in [0.15, 0.2) is 79.4 Å². The number of ether oxygens (including phenoxy) is 1. The molecule has 0 N–H and O–H groups in total. The summed E-state index contributed by atoms with van der Waals surface area (Å²) >= 11 is 0. The molecule has 44 heavy (non-hydrogen) atoms. The van der Waals surface area contributed by atoms with Gasteiger partial charge in [-0.25, -0.2) is 26.3 Å². The zero-order chi connectivity index (χ0) is 31.6. The van der Waals surface area contributed by atoms with Gasteiger partial charge in [0.2, 0.25) is 0 Å². The van der Waals surface area contributed by atoms with E-state index in [4.69, 9.17) is 4.74 Å². The third-order valence-corrected chi connectivity index (χ3v) is 8.15. The third-order valence-electron chi connectivity index (χ3n) is 8.15. The Labute approximate surface area is 249 Å². The standard InChI is InChI=1S/C35H28F8O/c1-2-3-4-20-5-7-22(8-6-20)24-16-29(37)33(30(38)17-24)35(42,43)44-26-12-9-21(10-13-26)23-11-14-27(28(36)15-23)25-18-31(39)34(41)32(40)19-25/h2,9-20,22H,1,3-8H2. The number of halogens is 8. The molecular formula is C35H28F8O. The lowest BCUT2D eigenvalue weighted by Crippen LogP contribution is -2.25. The van der Waals surface area contributed by atoms with Gasteiger partial charge >= 0.3 is 6.11 Å². The van der Waals surface area contributed by atoms with Crippen molar-refractivity contribution in [1.82, 2.24) is 0 Å². The molecule has 1 fully saturated rings. The average molecular weight is 617 g/mol. The molecule has 0 saturated heterocycles. The van der Waals surface area contributed by atoms with Crippen molar-refractivity contribution in [2.24, 2.45) is 5.92 Å². The molecule has 0 atom stereocenters. The van der Waals surface area contributed by atoms with Crippen LogP contribution in [0.5, 0.6) is 5.75 Å². The summed E-state index contributed by atoms with van der Waals surface area (Å²) in [5, 5.41) is 0. The molecule has 1 aliphatic carbocycles. The first-order valence-electron chi connectivity index (χ1n) is 14.2. The predicted molar refractivity (Wildman–Crippen MR) is 152 cm³/mol. The lowest BCUT2D eigenvalue weighted by molar-refractivity contribution is -0.189. The van der Waals surface area contributed by atoms with Crippen LogP contribution in [0, 0.1) is 40.8 Å². The second-order valence-electron chi connectivity index (χ2n) is 11.0. The first-order valence-corrected chi connectivity index (χ1v) is 14.2. The van der Waals surface area contributed by atoms with E-state index in [9.17, 15) is 26.3 Å². The summed E-state index contributed by atoms with van der Waals surface area (Å²) in [5.74, 6) is -8.27. The summed E-state index contributed by atoms with van der Waals surface area (Å²) in [7, 11) is 0. The molecular weight excluding hydrogens is 588 g/mol. The van der Waals surface area contributed by atoms with Crippen LogP contribution in [-0.2, 0) is 6.11 Å². The van der Waals surface area contributed by atoms with Crippen LogP contribution in [-0.4, -0.2) is 0 Å². The van der Waals surface area contributed by atoms with Crippen molar-refractivity contribution in [3.05, 3.63) is 125 Å². The van der Waals surface area contributed by atoms with Crippen LogP contribution < -0.4 is 4.74 Å². The maximum atomic E-state index is 15.0. The number of allylic oxidation sites excluding steroid dienone is 1. The van der Waals surface area contributed by atoms with E-state index in [1.54, 1.807) is 0 Å². The molecule has 0 heterocycles. The molecule has 0 aliphatic heterocycles. The Morgan fingerprint density at radius 3 is 1.82 bits per heavy atom. The van der Waals surface area contributed by atoms with E-state index in [1.165, 1.54) is 24.3 Å². The van der Waals surface area contributed by atoms with E-state index in [1.807, 2.05) is 6.08 Å². The Morgan fingerprint density at radius 1 is 0.682 bits per heavy atom. The number of rotatable bonds is 9. The molecule has 1 saturated carbocycles. The van der Waals surface area contributed by atoms with Gasteiger partial charge in [0.1, 0.15) is 28.8 Å². The van der Waals surface area contributed by atoms with E-state index >= 15 is 8.78 Å². The Kier molecular flexibility index (Phi) is 9.13. The van der Waals surface area contributed by atoms with Crippen LogP contribution >= 0.6 is 0 Å². The summed E-state index contributed by atoms with van der Waals surface area (Å²) in [5.41, 5.74) is -0.887. The quantitative estimate of drug-likeness (QED) is 0.103. The highest BCUT2D eigenvalue weighted by atomic mass is 19.3. The fourth-order valence-electron chi connectivity index (χ4n) is 5.80. The monoisotopic (exact) mass is 616 g/mol. The van der Waals surface area contributed by atoms with Gasteiger partial charge in [0.25, 0.3) is 0 Å². The fraction of sp³-hybridized carbons (Fsp3) is 0.257. The molecule has 0 aromatic heterocycles. The fourth-order valence-corrected chi connectivity index (χ4v) is 5.80. The Morgan fingerprint density at radius 2 is 1.25 bits per heavy atom. The number of hydrogen-bond donors (Lipinski definition) is 0. The van der Waals surface area contributed by atoms with E-state index in [0.717, 1.165) is 68.9 Å². The molecule has 9 heteroatoms. The van der Waals surface area contributed by atoms with Gasteiger partial charge in [-0.1, -0.05) is 30.3 Å². The second kappa shape index (κ2) is 12.8. The lowest BCUT2D eigenvalue weighted by Gasteiger charge is -2.29. The van der Waals surface area contributed by atoms with Crippen molar-refractivity contribution in [1.29, 1.82) is 0 Å². The van der Waals surface area contributed by atoms with Crippen molar-refractivity contribution in [3.8, 4) is 28.0 Å². The third kappa shape index (κ3) is 6.66. The largest absolute Gasteiger partial charge is 0.432 e. The van der Waals surface area contributed by atoms with Gasteiger partial charge in [-0.15, -0.1) is 6.58 Å². The topological polar surface area (TPSA) is 9.23 Å². The van der Waals surface area contributed by atoms with Crippen LogP contribution in [0.4, 0.5) is 35.1 Å². The maximum Gasteiger partial charge on any atom is 0.432 e. The minimum absolute atomic E-state index is 0.118. The summed E-state index contributed by atoms with van der Waals surface area (Å²) < 4.78 is 120. The van der Waals surface area contributed by atoms with Crippen molar-refractivity contribution in [3.63, 3.8) is 0 Å². The van der Waals surface area contributed by atoms with Crippen LogP contribution in [0.3, 0.4) is 0 Å². The summed E-state index contributed by atoms with van der Waals surface area (Å²) in [6.45, 7) is 3.72. The average Bonchev–Trinajstić information content (AvgIpc) is 2.98. The molecule has 4 aromatic carbocycles. The second-order valence-corrected chi connectivity index (χ2v) is 11.0. The first-order chi connectivity index (χ1) is 21.0. The van der Waals surface area contributed by atoms with Crippen molar-refractivity contribution in [2.45, 2.75) is 50.6 Å². The van der Waals surface area contributed by atoms with Gasteiger partial charge in [0.05, 0.1) is 0 Å². The number of hydrogen-bond acceptors (Lipinski definition) is 1. The highest BCUT2D eigenvalue weighted by Crippen LogP contribution is 2.41. The van der Waals surface area contributed by atoms with Gasteiger partial charge in [-0.2, -0.15) is 8.78 Å². The molecule has 4 aromatic rings. The molecule has 1 nitrogen and oxygen atoms in total. The van der Waals surface area contributed by atoms with Gasteiger partial charge in [0.15, 0.2) is 17.5 Å². The van der Waals surface area contributed by atoms with Crippen LogP contribution in [0.1, 0.15) is 55.6 Å². The van der Waals surface area contributed by atoms with Crippen LogP contribution in [0.2, 0.25) is 0 Å². The Balaban J connectivity index is 1.29. The minimum atomic E-state index is -4.33. The zero-order valence-electron chi connectivity index (χ0n) is 23.5. The minimum Gasteiger partial charge on any atom is -0.429 e. The molecule has 0 bridgehead atoms. The maximum absolute atomic E-state index is 15.0. The van der Waals surface area contributed by atoms with E-state index in [0.29, 0.717) is 29.2 Å².